The lowest BCUT2D eigenvalue weighted by Crippen LogP contribution is -2.63. The molecule has 5 aliphatic rings. The number of carbonyl (C=O) groups excluding carboxylic acids is 3. The van der Waals surface area contributed by atoms with Crippen LogP contribution in [0.2, 0.25) is 0 Å². The van der Waals surface area contributed by atoms with E-state index in [1.165, 1.54) is 30.9 Å². The molecule has 42 heavy (non-hydrogen) atoms. The molecule has 6 N–H and O–H groups in total. The van der Waals surface area contributed by atoms with Crippen molar-refractivity contribution in [3.63, 3.8) is 0 Å². The Morgan fingerprint density at radius 2 is 1.95 bits per heavy atom. The lowest BCUT2D eigenvalue weighted by molar-refractivity contribution is -0.148. The molecule has 6 rings (SSSR count). The first-order chi connectivity index (χ1) is 19.9. The van der Waals surface area contributed by atoms with E-state index in [-0.39, 0.29) is 35.8 Å². The maximum absolute atomic E-state index is 14.0. The largest absolute Gasteiger partial charge is 0.510 e. The Balaban J connectivity index is 1.48. The molecule has 5 atom stereocenters. The molecule has 1 unspecified atom stereocenters. The zero-order valence-electron chi connectivity index (χ0n) is 23.9. The third-order valence-corrected chi connectivity index (χ3v) is 9.69. The molecule has 1 amide bonds. The van der Waals surface area contributed by atoms with Crippen LogP contribution in [0.15, 0.2) is 28.7 Å². The number of aliphatic hydroxyl groups is 3. The highest BCUT2D eigenvalue weighted by Crippen LogP contribution is 2.54. The van der Waals surface area contributed by atoms with Crippen LogP contribution in [0, 0.1) is 17.8 Å². The number of allylic oxidation sites excluding steroid dienone is 1. The van der Waals surface area contributed by atoms with Crippen LogP contribution in [0.4, 0.5) is 0 Å². The Hall–Kier alpha value is -3.45. The number of hydrogen-bond donors (Lipinski definition) is 5. The van der Waals surface area contributed by atoms with E-state index < -0.39 is 58.0 Å². The van der Waals surface area contributed by atoms with E-state index >= 15 is 0 Å². The summed E-state index contributed by atoms with van der Waals surface area (Å²) in [5.41, 5.74) is 2.81. The zero-order chi connectivity index (χ0) is 30.2. The number of ketones is 2. The standard InChI is InChI=1S/C30H37N3O9/c1-32(2)23-17-9-14-8-16-21(24(35)20(14)27(37)30(17,40)28(38)22(25(23)36)29(31)39)19(34)10-15(26(16)41-3)18-12-42-7-6-33(18)11-13-4-5-13/h10,13-14,17-18,23,34,36-37,40H,4-9,11-12H2,1-3H3,(H2,31,39)/t14-,17-,18?,23-,30-/m0/s1. The van der Waals surface area contributed by atoms with E-state index in [1.807, 2.05) is 0 Å². The third kappa shape index (κ3) is 4.07. The van der Waals surface area contributed by atoms with Gasteiger partial charge in [-0.05, 0) is 57.7 Å². The number of likely N-dealkylation sites (N-methyl/N-ethyl adjacent to an activating group) is 1. The predicted octanol–water partition coefficient (Wildman–Crippen LogP) is 0.913. The highest BCUT2D eigenvalue weighted by atomic mass is 16.5. The average molecular weight is 584 g/mol. The number of phenols is 1. The maximum atomic E-state index is 14.0. The lowest BCUT2D eigenvalue weighted by Gasteiger charge is -2.50. The summed E-state index contributed by atoms with van der Waals surface area (Å²) < 4.78 is 11.7. The molecule has 0 aromatic heterocycles. The number of amides is 1. The van der Waals surface area contributed by atoms with Gasteiger partial charge in [-0.3, -0.25) is 24.2 Å². The number of morpholine rings is 1. The molecule has 0 spiro atoms. The van der Waals surface area contributed by atoms with Crippen LogP contribution < -0.4 is 10.5 Å². The van der Waals surface area contributed by atoms with Gasteiger partial charge in [-0.1, -0.05) is 0 Å². The zero-order valence-corrected chi connectivity index (χ0v) is 23.9. The number of primary amides is 1. The van der Waals surface area contributed by atoms with Crippen molar-refractivity contribution in [3.05, 3.63) is 45.4 Å². The van der Waals surface area contributed by atoms with Gasteiger partial charge in [0.1, 0.15) is 28.6 Å². The fraction of sp³-hybridized carbons (Fsp3) is 0.567. The van der Waals surface area contributed by atoms with Crippen molar-refractivity contribution in [2.45, 2.75) is 43.4 Å². The molecule has 12 heteroatoms. The van der Waals surface area contributed by atoms with Gasteiger partial charge < -0.3 is 35.6 Å². The van der Waals surface area contributed by atoms with Crippen molar-refractivity contribution < 1.29 is 44.3 Å². The topological polar surface area (TPSA) is 183 Å². The number of phenolic OH excluding ortho intramolecular Hbond substituents is 1. The van der Waals surface area contributed by atoms with Gasteiger partial charge in [0.15, 0.2) is 11.4 Å². The molecule has 1 saturated carbocycles. The third-order valence-electron chi connectivity index (χ3n) is 9.69. The van der Waals surface area contributed by atoms with Crippen molar-refractivity contribution in [1.29, 1.82) is 0 Å². The van der Waals surface area contributed by atoms with Crippen LogP contribution in [-0.4, -0.2) is 107 Å². The van der Waals surface area contributed by atoms with Gasteiger partial charge >= 0.3 is 0 Å². The summed E-state index contributed by atoms with van der Waals surface area (Å²) in [6.45, 7) is 2.64. The molecule has 2 fully saturated rings. The molecule has 4 aliphatic carbocycles. The molecule has 1 heterocycles. The summed E-state index contributed by atoms with van der Waals surface area (Å²) in [6.07, 6.45) is 2.54. The van der Waals surface area contributed by atoms with E-state index in [1.54, 1.807) is 14.1 Å². The molecule has 1 aromatic carbocycles. The summed E-state index contributed by atoms with van der Waals surface area (Å²) in [7, 11) is 4.70. The first-order valence-electron chi connectivity index (χ1n) is 14.3. The smallest absolute Gasteiger partial charge is 0.255 e. The number of fused-ring (bicyclic) bond motifs is 3. The van der Waals surface area contributed by atoms with Crippen molar-refractivity contribution >= 4 is 17.5 Å². The summed E-state index contributed by atoms with van der Waals surface area (Å²) in [5, 5.41) is 45.5. The molecule has 12 nitrogen and oxygen atoms in total. The fourth-order valence-corrected chi connectivity index (χ4v) is 7.59. The second-order valence-electron chi connectivity index (χ2n) is 12.4. The number of carbonyl (C=O) groups is 3. The number of methoxy groups -OCH3 is 1. The van der Waals surface area contributed by atoms with E-state index in [0.29, 0.717) is 36.0 Å². The minimum absolute atomic E-state index is 0.0141. The minimum atomic E-state index is -2.67. The normalized spacial score (nSPS) is 31.6. The van der Waals surface area contributed by atoms with E-state index in [2.05, 4.69) is 4.90 Å². The van der Waals surface area contributed by atoms with Gasteiger partial charge in [-0.25, -0.2) is 0 Å². The number of hydrogen-bond acceptors (Lipinski definition) is 11. The van der Waals surface area contributed by atoms with Gasteiger partial charge in [-0.15, -0.1) is 0 Å². The van der Waals surface area contributed by atoms with Crippen LogP contribution in [0.25, 0.3) is 0 Å². The first-order valence-corrected chi connectivity index (χ1v) is 14.3. The summed E-state index contributed by atoms with van der Waals surface area (Å²) in [4.78, 5) is 43.5. The molecule has 1 aliphatic heterocycles. The van der Waals surface area contributed by atoms with Crippen LogP contribution >= 0.6 is 0 Å². The molecular formula is C30H37N3O9. The molecule has 226 valence electrons. The Labute approximate surface area is 243 Å². The summed E-state index contributed by atoms with van der Waals surface area (Å²) >= 11 is 0. The number of ether oxygens (including phenoxy) is 2. The number of benzene rings is 1. The lowest BCUT2D eigenvalue weighted by atomic mass is 9.58. The van der Waals surface area contributed by atoms with Crippen molar-refractivity contribution in [3.8, 4) is 11.5 Å². The maximum Gasteiger partial charge on any atom is 0.255 e. The van der Waals surface area contributed by atoms with Crippen LogP contribution in [0.5, 0.6) is 11.5 Å². The molecule has 0 radical (unpaired) electrons. The number of rotatable bonds is 6. The SMILES string of the molecule is COc1c(C2COCCN2CC2CC2)cc(O)c2c1C[C@H]1C[C@H]3[C@H](N(C)C)C(O)=C(C(N)=O)C(=O)[C@@]3(O)C(O)=C1C2=O. The number of aliphatic hydroxyl groups excluding tert-OH is 2. The Morgan fingerprint density at radius 1 is 1.24 bits per heavy atom. The molecule has 1 aromatic rings. The van der Waals surface area contributed by atoms with Gasteiger partial charge in [0, 0.05) is 35.7 Å². The fourth-order valence-electron chi connectivity index (χ4n) is 7.59. The highest BCUT2D eigenvalue weighted by molar-refractivity contribution is 6.24. The Morgan fingerprint density at radius 3 is 2.57 bits per heavy atom. The van der Waals surface area contributed by atoms with Gasteiger partial charge in [-0.2, -0.15) is 0 Å². The average Bonchev–Trinajstić information content (AvgIpc) is 3.74. The van der Waals surface area contributed by atoms with E-state index in [0.717, 1.165) is 13.1 Å². The van der Waals surface area contributed by atoms with Crippen molar-refractivity contribution in [2.24, 2.45) is 23.5 Å². The molecule has 1 saturated heterocycles. The van der Waals surface area contributed by atoms with E-state index in [9.17, 15) is 34.8 Å². The minimum Gasteiger partial charge on any atom is -0.510 e. The number of nitrogens with two attached hydrogens (primary N) is 1. The number of aromatic hydroxyl groups is 1. The predicted molar refractivity (Wildman–Crippen MR) is 148 cm³/mol. The van der Waals surface area contributed by atoms with Gasteiger partial charge in [0.2, 0.25) is 5.78 Å². The van der Waals surface area contributed by atoms with Crippen LogP contribution in [0.1, 0.15) is 46.8 Å². The monoisotopic (exact) mass is 583 g/mol. The van der Waals surface area contributed by atoms with Crippen molar-refractivity contribution in [2.75, 3.05) is 47.5 Å². The molecular weight excluding hydrogens is 546 g/mol. The first kappa shape index (κ1) is 28.7. The summed E-state index contributed by atoms with van der Waals surface area (Å²) in [6, 6.07) is 0.269. The second kappa shape index (κ2) is 10.1. The van der Waals surface area contributed by atoms with Crippen LogP contribution in [0.3, 0.4) is 0 Å². The highest BCUT2D eigenvalue weighted by Gasteiger charge is 2.63. The number of nitrogens with zero attached hydrogens (tertiary/aromatic N) is 2. The van der Waals surface area contributed by atoms with Gasteiger partial charge in [0.05, 0.1) is 38.0 Å². The second-order valence-corrected chi connectivity index (χ2v) is 12.4. The quantitative estimate of drug-likeness (QED) is 0.300. The van der Waals surface area contributed by atoms with Crippen LogP contribution in [-0.2, 0) is 20.7 Å². The van der Waals surface area contributed by atoms with Gasteiger partial charge in [0.25, 0.3) is 5.91 Å². The Bertz CT molecular complexity index is 1450. The van der Waals surface area contributed by atoms with E-state index in [4.69, 9.17) is 15.2 Å². The van der Waals surface area contributed by atoms with Crippen molar-refractivity contribution in [1.82, 2.24) is 9.80 Å². The summed E-state index contributed by atoms with van der Waals surface area (Å²) in [5.74, 6) is -5.73. The Kier molecular flexibility index (Phi) is 6.88. The number of Topliss-reactive ketones (excluding diaryl/α,β-unsaturated/α-hetero) is 2. The molecule has 0 bridgehead atoms.